The lowest BCUT2D eigenvalue weighted by Crippen LogP contribution is -2.15. The molecule has 2 aliphatic carbocycles. The predicted molar refractivity (Wildman–Crippen MR) is 264 cm³/mol. The summed E-state index contributed by atoms with van der Waals surface area (Å²) in [5, 5.41) is 5.10. The molecule has 0 unspecified atom stereocenters. The predicted octanol–water partition coefficient (Wildman–Crippen LogP) is 16.5. The molecule has 1 aromatic heterocycles. The van der Waals surface area contributed by atoms with E-state index in [1.54, 1.807) is 0 Å². The maximum atomic E-state index is 2.44. The minimum absolute atomic E-state index is 0.790. The van der Waals surface area contributed by atoms with E-state index in [2.05, 4.69) is 229 Å². The summed E-state index contributed by atoms with van der Waals surface area (Å²) in [6.45, 7) is 2.10. The van der Waals surface area contributed by atoms with Crippen molar-refractivity contribution in [1.82, 2.24) is 4.57 Å². The van der Waals surface area contributed by atoms with Gasteiger partial charge in [-0.05, 0) is 150 Å². The highest BCUT2D eigenvalue weighted by atomic mass is 15.1. The first kappa shape index (κ1) is 38.1. The van der Waals surface area contributed by atoms with Crippen LogP contribution in [-0.2, 0) is 6.42 Å². The Hall–Kier alpha value is -7.16. The molecule has 61 heavy (non-hydrogen) atoms. The zero-order chi connectivity index (χ0) is 41.0. The molecule has 1 heterocycles. The highest BCUT2D eigenvalue weighted by Gasteiger charge is 2.17. The molecular weight excluding hydrogens is 737 g/mol. The van der Waals surface area contributed by atoms with Crippen molar-refractivity contribution >= 4 is 61.8 Å². The van der Waals surface area contributed by atoms with Crippen LogP contribution in [0.3, 0.4) is 0 Å². The number of allylic oxidation sites excluding steroid dienone is 9. The molecule has 0 fully saturated rings. The van der Waals surface area contributed by atoms with Crippen molar-refractivity contribution in [1.29, 1.82) is 0 Å². The van der Waals surface area contributed by atoms with Gasteiger partial charge in [-0.2, -0.15) is 0 Å². The van der Waals surface area contributed by atoms with Crippen molar-refractivity contribution in [2.45, 2.75) is 45.4 Å². The third-order valence-electron chi connectivity index (χ3n) is 12.3. The second-order valence-electron chi connectivity index (χ2n) is 16.1. The second kappa shape index (κ2) is 17.2. The van der Waals surface area contributed by atoms with Crippen molar-refractivity contribution in [3.63, 3.8) is 0 Å². The van der Waals surface area contributed by atoms with Gasteiger partial charge in [0.1, 0.15) is 0 Å². The summed E-state index contributed by atoms with van der Waals surface area (Å²) in [6.07, 6.45) is 29.3. The molecule has 2 heteroatoms. The monoisotopic (exact) mass is 786 g/mol. The summed E-state index contributed by atoms with van der Waals surface area (Å²) in [5.74, 6) is 0. The lowest BCUT2D eigenvalue weighted by atomic mass is 9.90. The van der Waals surface area contributed by atoms with Gasteiger partial charge in [-0.1, -0.05) is 158 Å². The molecule has 0 radical (unpaired) electrons. The second-order valence-corrected chi connectivity index (χ2v) is 16.1. The molecule has 296 valence electrons. The summed E-state index contributed by atoms with van der Waals surface area (Å²) in [5.41, 5.74) is 16.1. The Morgan fingerprint density at radius 2 is 1.34 bits per heavy atom. The molecule has 2 nitrogen and oxygen atoms in total. The van der Waals surface area contributed by atoms with Gasteiger partial charge in [0.25, 0.3) is 0 Å². The van der Waals surface area contributed by atoms with Gasteiger partial charge < -0.3 is 9.47 Å². The fourth-order valence-corrected chi connectivity index (χ4v) is 9.30. The Labute approximate surface area is 360 Å². The van der Waals surface area contributed by atoms with E-state index in [0.717, 1.165) is 49.2 Å². The molecule has 0 saturated carbocycles. The topological polar surface area (TPSA) is 8.17 Å². The van der Waals surface area contributed by atoms with Gasteiger partial charge >= 0.3 is 0 Å². The number of hydrogen-bond donors (Lipinski definition) is 0. The Bertz CT molecular complexity index is 3060. The molecule has 0 saturated heterocycles. The fourth-order valence-electron chi connectivity index (χ4n) is 9.30. The Morgan fingerprint density at radius 3 is 2.20 bits per heavy atom. The molecule has 2 aliphatic rings. The van der Waals surface area contributed by atoms with Crippen LogP contribution >= 0.6 is 0 Å². The van der Waals surface area contributed by atoms with Crippen LogP contribution in [0.1, 0.15) is 55.7 Å². The van der Waals surface area contributed by atoms with E-state index >= 15 is 0 Å². The van der Waals surface area contributed by atoms with E-state index in [-0.39, 0.29) is 0 Å². The summed E-state index contributed by atoms with van der Waals surface area (Å²) >= 11 is 0. The van der Waals surface area contributed by atoms with E-state index in [1.807, 2.05) is 0 Å². The van der Waals surface area contributed by atoms with Crippen LogP contribution in [-0.4, -0.2) is 4.57 Å². The van der Waals surface area contributed by atoms with E-state index in [0.29, 0.717) is 0 Å². The van der Waals surface area contributed by atoms with Crippen molar-refractivity contribution in [3.05, 3.63) is 223 Å². The van der Waals surface area contributed by atoms with Crippen LogP contribution in [0.2, 0.25) is 0 Å². The maximum absolute atomic E-state index is 2.44. The van der Waals surface area contributed by atoms with Crippen LogP contribution in [0.5, 0.6) is 0 Å². The summed E-state index contributed by atoms with van der Waals surface area (Å²) in [7, 11) is 0. The number of rotatable bonds is 10. The molecule has 0 amide bonds. The number of aromatic nitrogens is 1. The van der Waals surface area contributed by atoms with E-state index in [9.17, 15) is 0 Å². The number of anilines is 2. The summed E-state index contributed by atoms with van der Waals surface area (Å²) in [4.78, 5) is 2.39. The maximum Gasteiger partial charge on any atom is 0.0541 e. The largest absolute Gasteiger partial charge is 0.311 e. The highest BCUT2D eigenvalue weighted by molar-refractivity contribution is 6.11. The average molecular weight is 787 g/mol. The van der Waals surface area contributed by atoms with E-state index in [4.69, 9.17) is 0 Å². The Balaban J connectivity index is 1.02. The lowest BCUT2D eigenvalue weighted by molar-refractivity contribution is 0.875. The van der Waals surface area contributed by atoms with Gasteiger partial charge in [0.05, 0.1) is 11.0 Å². The first-order chi connectivity index (χ1) is 30.2. The first-order valence-corrected chi connectivity index (χ1v) is 21.9. The number of hydrogen-bond acceptors (Lipinski definition) is 1. The molecule has 0 N–H and O–H groups in total. The van der Waals surface area contributed by atoms with E-state index in [1.165, 1.54) is 83.6 Å². The minimum atomic E-state index is 0.790. The Morgan fingerprint density at radius 1 is 0.623 bits per heavy atom. The van der Waals surface area contributed by atoms with Gasteiger partial charge in [-0.25, -0.2) is 0 Å². The lowest BCUT2D eigenvalue weighted by Gasteiger charge is -2.27. The average Bonchev–Trinajstić information content (AvgIpc) is 3.42. The standard InChI is InChI=1S/C59H50N2/c1-2-17-49(26-10-7-18-44-21-15-22-45-19-8-11-27-53(44)45)60(52-39-34-47(35-40-52)55-30-16-23-46-20-9-12-28-54(46)55)51-37-32-43(33-38-51)48-36-41-59-57(42-48)56-29-13-14-31-58(56)61(59)50-24-5-3-4-6-25-50/h2,5,7-8,11-19,21-42H,3-4,6,9-10,20H2,1H3/b17-2-,18-7+,49-26?. The number of aryl methyl sites for hydroxylation is 1. The summed E-state index contributed by atoms with van der Waals surface area (Å²) in [6, 6.07) is 55.9. The van der Waals surface area contributed by atoms with Gasteiger partial charge in [0.15, 0.2) is 0 Å². The van der Waals surface area contributed by atoms with Crippen LogP contribution in [0.15, 0.2) is 206 Å². The van der Waals surface area contributed by atoms with E-state index < -0.39 is 0 Å². The van der Waals surface area contributed by atoms with Crippen molar-refractivity contribution in [3.8, 4) is 22.3 Å². The van der Waals surface area contributed by atoms with Gasteiger partial charge in [-0.15, -0.1) is 0 Å². The normalized spacial score (nSPS) is 14.3. The van der Waals surface area contributed by atoms with Crippen LogP contribution in [0.25, 0.3) is 72.7 Å². The van der Waals surface area contributed by atoms with Gasteiger partial charge in [-0.3, -0.25) is 0 Å². The first-order valence-electron chi connectivity index (χ1n) is 21.9. The number of benzene rings is 7. The Kier molecular flexibility index (Phi) is 10.7. The third-order valence-corrected chi connectivity index (χ3v) is 12.3. The number of nitrogens with zero attached hydrogens (tertiary/aromatic N) is 2. The zero-order valence-electron chi connectivity index (χ0n) is 34.8. The van der Waals surface area contributed by atoms with Crippen molar-refractivity contribution < 1.29 is 0 Å². The number of fused-ring (bicyclic) bond motifs is 5. The zero-order valence-corrected chi connectivity index (χ0v) is 34.8. The number of para-hydroxylation sites is 1. The quantitative estimate of drug-likeness (QED) is 0.125. The molecule has 10 rings (SSSR count). The van der Waals surface area contributed by atoms with Crippen molar-refractivity contribution in [2.75, 3.05) is 4.90 Å². The smallest absolute Gasteiger partial charge is 0.0541 e. The third kappa shape index (κ3) is 7.62. The molecule has 0 bridgehead atoms. The summed E-state index contributed by atoms with van der Waals surface area (Å²) < 4.78 is 2.44. The van der Waals surface area contributed by atoms with Gasteiger partial charge in [0.2, 0.25) is 0 Å². The van der Waals surface area contributed by atoms with Crippen molar-refractivity contribution in [2.24, 2.45) is 0 Å². The molecule has 0 atom stereocenters. The molecule has 0 aliphatic heterocycles. The fraction of sp³-hybridized carbons (Fsp3) is 0.119. The minimum Gasteiger partial charge on any atom is -0.311 e. The molecule has 8 aromatic rings. The van der Waals surface area contributed by atoms with Crippen LogP contribution in [0, 0.1) is 0 Å². The molecule has 0 spiro atoms. The molecular formula is C59H50N2. The SMILES string of the molecule is C/C=C\C(=CC/C=C/c1cccc2ccccc12)N(c1ccc(-c2ccc3c(c2)c2ccccc2n3C2=CCCCC=C2)cc1)c1ccc(-c2cccc3c2C=CCC3)cc1. The van der Waals surface area contributed by atoms with Crippen LogP contribution < -0.4 is 4.90 Å². The molecule has 7 aromatic carbocycles. The highest BCUT2D eigenvalue weighted by Crippen LogP contribution is 2.39. The van der Waals surface area contributed by atoms with Gasteiger partial charge in [0, 0.05) is 33.5 Å². The van der Waals surface area contributed by atoms with Crippen LogP contribution in [0.4, 0.5) is 11.4 Å².